The monoisotopic (exact) mass is 316 g/mol. The van der Waals surface area contributed by atoms with Gasteiger partial charge in [-0.25, -0.2) is 4.98 Å². The molecule has 0 aromatic carbocycles. The van der Waals surface area contributed by atoms with Crippen LogP contribution in [-0.4, -0.2) is 54.1 Å². The van der Waals surface area contributed by atoms with E-state index in [0.29, 0.717) is 17.7 Å². The summed E-state index contributed by atoms with van der Waals surface area (Å²) in [6.07, 6.45) is 7.19. The predicted molar refractivity (Wildman–Crippen MR) is 88.6 cm³/mol. The van der Waals surface area contributed by atoms with E-state index in [0.717, 1.165) is 51.1 Å². The van der Waals surface area contributed by atoms with Crippen molar-refractivity contribution in [2.24, 2.45) is 5.92 Å². The zero-order chi connectivity index (χ0) is 16.2. The Labute approximate surface area is 137 Å². The van der Waals surface area contributed by atoms with E-state index >= 15 is 0 Å². The summed E-state index contributed by atoms with van der Waals surface area (Å²) < 4.78 is 5.22. The molecule has 1 fully saturated rings. The van der Waals surface area contributed by atoms with Gasteiger partial charge in [-0.1, -0.05) is 12.2 Å². The van der Waals surface area contributed by atoms with Crippen molar-refractivity contribution in [2.75, 3.05) is 38.2 Å². The van der Waals surface area contributed by atoms with Crippen molar-refractivity contribution in [3.8, 4) is 5.88 Å². The number of methoxy groups -OCH3 is 1. The summed E-state index contributed by atoms with van der Waals surface area (Å²) in [4.78, 5) is 25.6. The summed E-state index contributed by atoms with van der Waals surface area (Å²) in [5.41, 5.74) is 0.888. The van der Waals surface area contributed by atoms with Crippen molar-refractivity contribution < 1.29 is 9.53 Å². The number of allylic oxidation sites excluding steroid dienone is 2. The standard InChI is InChI=1S/C17H24N4O2/c1-13-12-15(23-2)19-17(18-13)21-10-8-20(9-11-21)16(22)14-6-4-3-5-7-14/h3-4,12,14H,5-11H2,1-2H3/t14-/m1/s1. The van der Waals surface area contributed by atoms with Gasteiger partial charge in [0.1, 0.15) is 0 Å². The molecule has 0 saturated carbocycles. The highest BCUT2D eigenvalue weighted by Crippen LogP contribution is 2.22. The Morgan fingerprint density at radius 2 is 2.00 bits per heavy atom. The molecule has 23 heavy (non-hydrogen) atoms. The van der Waals surface area contributed by atoms with Crippen LogP contribution in [0.2, 0.25) is 0 Å². The van der Waals surface area contributed by atoms with Crippen LogP contribution in [-0.2, 0) is 4.79 Å². The molecule has 1 aromatic heterocycles. The number of hydrogen-bond acceptors (Lipinski definition) is 5. The average molecular weight is 316 g/mol. The molecule has 2 heterocycles. The topological polar surface area (TPSA) is 58.6 Å². The smallest absolute Gasteiger partial charge is 0.228 e. The minimum Gasteiger partial charge on any atom is -0.481 e. The lowest BCUT2D eigenvalue weighted by Gasteiger charge is -2.36. The second-order valence-corrected chi connectivity index (χ2v) is 6.15. The van der Waals surface area contributed by atoms with Crippen molar-refractivity contribution in [3.63, 3.8) is 0 Å². The van der Waals surface area contributed by atoms with E-state index in [1.54, 1.807) is 7.11 Å². The molecule has 0 radical (unpaired) electrons. The van der Waals surface area contributed by atoms with Crippen LogP contribution in [0.25, 0.3) is 0 Å². The second-order valence-electron chi connectivity index (χ2n) is 6.15. The minimum absolute atomic E-state index is 0.168. The Bertz CT molecular complexity index is 594. The molecule has 1 amide bonds. The third-order valence-electron chi connectivity index (χ3n) is 4.52. The molecule has 1 aliphatic heterocycles. The van der Waals surface area contributed by atoms with E-state index in [9.17, 15) is 4.79 Å². The Morgan fingerprint density at radius 1 is 1.22 bits per heavy atom. The molecule has 6 heteroatoms. The highest BCUT2D eigenvalue weighted by molar-refractivity contribution is 5.79. The summed E-state index contributed by atoms with van der Waals surface area (Å²) in [6.45, 7) is 4.93. The highest BCUT2D eigenvalue weighted by atomic mass is 16.5. The average Bonchev–Trinajstić information content (AvgIpc) is 2.61. The van der Waals surface area contributed by atoms with Gasteiger partial charge < -0.3 is 14.5 Å². The zero-order valence-electron chi connectivity index (χ0n) is 13.9. The first kappa shape index (κ1) is 15.8. The first-order valence-corrected chi connectivity index (χ1v) is 8.26. The molecule has 1 saturated heterocycles. The maximum absolute atomic E-state index is 12.6. The molecule has 124 valence electrons. The number of carbonyl (C=O) groups is 1. The molecule has 0 spiro atoms. The summed E-state index contributed by atoms with van der Waals surface area (Å²) in [5.74, 6) is 1.74. The van der Waals surface area contributed by atoms with Gasteiger partial charge in [-0.05, 0) is 26.2 Å². The Morgan fingerprint density at radius 3 is 2.65 bits per heavy atom. The molecule has 1 aromatic rings. The number of aromatic nitrogens is 2. The van der Waals surface area contributed by atoms with Crippen molar-refractivity contribution in [3.05, 3.63) is 23.9 Å². The van der Waals surface area contributed by atoms with Crippen LogP contribution in [0.15, 0.2) is 18.2 Å². The lowest BCUT2D eigenvalue weighted by Crippen LogP contribution is -2.51. The van der Waals surface area contributed by atoms with Crippen LogP contribution >= 0.6 is 0 Å². The highest BCUT2D eigenvalue weighted by Gasteiger charge is 2.28. The first-order valence-electron chi connectivity index (χ1n) is 8.26. The van der Waals surface area contributed by atoms with Gasteiger partial charge in [-0.3, -0.25) is 4.79 Å². The van der Waals surface area contributed by atoms with E-state index in [4.69, 9.17) is 4.74 Å². The largest absolute Gasteiger partial charge is 0.481 e. The molecule has 0 unspecified atom stereocenters. The fourth-order valence-corrected chi connectivity index (χ4v) is 3.17. The number of piperazine rings is 1. The normalized spacial score (nSPS) is 21.4. The lowest BCUT2D eigenvalue weighted by molar-refractivity contribution is -0.136. The van der Waals surface area contributed by atoms with Crippen molar-refractivity contribution in [2.45, 2.75) is 26.2 Å². The van der Waals surface area contributed by atoms with Gasteiger partial charge in [0, 0.05) is 43.9 Å². The number of ether oxygens (including phenoxy) is 1. The van der Waals surface area contributed by atoms with Crippen molar-refractivity contribution in [1.82, 2.24) is 14.9 Å². The summed E-state index contributed by atoms with van der Waals surface area (Å²) in [5, 5.41) is 0. The number of hydrogen-bond donors (Lipinski definition) is 0. The van der Waals surface area contributed by atoms with E-state index in [1.165, 1.54) is 0 Å². The van der Waals surface area contributed by atoms with E-state index < -0.39 is 0 Å². The molecule has 0 bridgehead atoms. The van der Waals surface area contributed by atoms with Crippen LogP contribution in [0.3, 0.4) is 0 Å². The van der Waals surface area contributed by atoms with Crippen LogP contribution in [0.1, 0.15) is 25.0 Å². The zero-order valence-corrected chi connectivity index (χ0v) is 13.9. The molecule has 3 rings (SSSR count). The lowest BCUT2D eigenvalue weighted by atomic mass is 9.93. The van der Waals surface area contributed by atoms with Gasteiger partial charge in [0.2, 0.25) is 17.7 Å². The van der Waals surface area contributed by atoms with Gasteiger partial charge in [-0.2, -0.15) is 4.98 Å². The fraction of sp³-hybridized carbons (Fsp3) is 0.588. The van der Waals surface area contributed by atoms with Gasteiger partial charge >= 0.3 is 0 Å². The minimum atomic E-state index is 0.168. The van der Waals surface area contributed by atoms with Gasteiger partial charge in [0.15, 0.2) is 0 Å². The van der Waals surface area contributed by atoms with E-state index in [1.807, 2.05) is 17.9 Å². The summed E-state index contributed by atoms with van der Waals surface area (Å²) >= 11 is 0. The van der Waals surface area contributed by atoms with Crippen LogP contribution in [0.4, 0.5) is 5.95 Å². The Balaban J connectivity index is 1.61. The number of amides is 1. The number of nitrogens with zero attached hydrogens (tertiary/aromatic N) is 4. The maximum Gasteiger partial charge on any atom is 0.228 e. The molecule has 1 atom stereocenters. The maximum atomic E-state index is 12.6. The molecule has 0 N–H and O–H groups in total. The molecule has 2 aliphatic rings. The van der Waals surface area contributed by atoms with E-state index in [-0.39, 0.29) is 5.92 Å². The number of carbonyl (C=O) groups excluding carboxylic acids is 1. The summed E-state index contributed by atoms with van der Waals surface area (Å²) in [7, 11) is 1.61. The number of aryl methyl sites for hydroxylation is 1. The quantitative estimate of drug-likeness (QED) is 0.796. The first-order chi connectivity index (χ1) is 11.2. The molecule has 1 aliphatic carbocycles. The van der Waals surface area contributed by atoms with E-state index in [2.05, 4.69) is 27.0 Å². The molecule has 6 nitrogen and oxygen atoms in total. The molecular weight excluding hydrogens is 292 g/mol. The van der Waals surface area contributed by atoms with Gasteiger partial charge in [-0.15, -0.1) is 0 Å². The van der Waals surface area contributed by atoms with Crippen LogP contribution in [0.5, 0.6) is 5.88 Å². The van der Waals surface area contributed by atoms with Crippen LogP contribution < -0.4 is 9.64 Å². The third-order valence-corrected chi connectivity index (χ3v) is 4.52. The molecular formula is C17H24N4O2. The SMILES string of the molecule is COc1cc(C)nc(N2CCN(C(=O)[C@@H]3CC=CCC3)CC2)n1. The van der Waals surface area contributed by atoms with Crippen LogP contribution in [0, 0.1) is 12.8 Å². The second kappa shape index (κ2) is 6.98. The predicted octanol–water partition coefficient (Wildman–Crippen LogP) is 1.80. The number of rotatable bonds is 3. The Hall–Kier alpha value is -2.11. The van der Waals surface area contributed by atoms with Crippen molar-refractivity contribution >= 4 is 11.9 Å². The van der Waals surface area contributed by atoms with Gasteiger partial charge in [0.25, 0.3) is 0 Å². The summed E-state index contributed by atoms with van der Waals surface area (Å²) in [6, 6.07) is 1.82. The third kappa shape index (κ3) is 3.63. The Kier molecular flexibility index (Phi) is 4.79. The van der Waals surface area contributed by atoms with Gasteiger partial charge in [0.05, 0.1) is 7.11 Å². The van der Waals surface area contributed by atoms with Crippen molar-refractivity contribution in [1.29, 1.82) is 0 Å². The fourth-order valence-electron chi connectivity index (χ4n) is 3.17. The number of anilines is 1.